The highest BCUT2D eigenvalue weighted by Crippen LogP contribution is 2.36. The number of rotatable bonds is 6. The summed E-state index contributed by atoms with van der Waals surface area (Å²) < 4.78 is 29.4. The van der Waals surface area contributed by atoms with Gasteiger partial charge in [0.2, 0.25) is 5.91 Å². The molecule has 1 aliphatic carbocycles. The summed E-state index contributed by atoms with van der Waals surface area (Å²) in [6.07, 6.45) is 5.67. The number of aromatic nitrogens is 1. The summed E-state index contributed by atoms with van der Waals surface area (Å²) in [5.74, 6) is 0.443. The van der Waals surface area contributed by atoms with Crippen LogP contribution in [0, 0.1) is 25.2 Å². The Labute approximate surface area is 199 Å². The Bertz CT molecular complexity index is 1130. The Hall–Kier alpha value is -2.19. The van der Waals surface area contributed by atoms with E-state index >= 15 is 0 Å². The lowest BCUT2D eigenvalue weighted by Crippen LogP contribution is -2.50. The molecule has 8 nitrogen and oxygen atoms in total. The lowest BCUT2D eigenvalue weighted by atomic mass is 9.95. The quantitative estimate of drug-likeness (QED) is 0.670. The first-order valence-electron chi connectivity index (χ1n) is 11.5. The average molecular weight is 490 g/mol. The fraction of sp³-hybridized carbons (Fsp3) is 0.565. The van der Waals surface area contributed by atoms with Crippen molar-refractivity contribution in [2.75, 3.05) is 38.0 Å². The maximum absolute atomic E-state index is 13.0. The topological polar surface area (TPSA) is 98.4 Å². The molecule has 1 amide bonds. The van der Waals surface area contributed by atoms with E-state index in [1.807, 2.05) is 18.7 Å². The Morgan fingerprint density at radius 2 is 1.88 bits per heavy atom. The number of carbonyl (C=O) groups is 1. The zero-order valence-corrected chi connectivity index (χ0v) is 20.8. The van der Waals surface area contributed by atoms with Crippen molar-refractivity contribution < 1.29 is 13.2 Å². The fourth-order valence-corrected chi connectivity index (χ4v) is 7.49. The fourth-order valence-electron chi connectivity index (χ4n) is 4.92. The van der Waals surface area contributed by atoms with E-state index in [4.69, 9.17) is 0 Å². The van der Waals surface area contributed by atoms with Crippen LogP contribution in [0.3, 0.4) is 0 Å². The van der Waals surface area contributed by atoms with Crippen LogP contribution in [0.2, 0.25) is 0 Å². The molecule has 0 unspecified atom stereocenters. The van der Waals surface area contributed by atoms with Crippen LogP contribution in [0.4, 0.5) is 5.82 Å². The van der Waals surface area contributed by atoms with Crippen LogP contribution in [0.15, 0.2) is 21.7 Å². The molecule has 2 aromatic heterocycles. The van der Waals surface area contributed by atoms with Crippen molar-refractivity contribution in [1.29, 1.82) is 5.26 Å². The molecule has 1 saturated carbocycles. The molecular formula is C23H31N5O3S2. The van der Waals surface area contributed by atoms with Crippen LogP contribution in [0.1, 0.15) is 55.0 Å². The molecule has 33 heavy (non-hydrogen) atoms. The zero-order chi connectivity index (χ0) is 23.6. The van der Waals surface area contributed by atoms with Gasteiger partial charge in [-0.1, -0.05) is 25.3 Å². The lowest BCUT2D eigenvalue weighted by Gasteiger charge is -2.33. The summed E-state index contributed by atoms with van der Waals surface area (Å²) in [5, 5.41) is 14.6. The molecule has 0 aromatic carbocycles. The molecule has 0 atom stereocenters. The molecule has 0 spiro atoms. The van der Waals surface area contributed by atoms with Crippen LogP contribution >= 0.6 is 11.3 Å². The third-order valence-electron chi connectivity index (χ3n) is 6.85. The molecule has 1 saturated heterocycles. The smallest absolute Gasteiger partial charge is 0.252 e. The molecule has 1 aliphatic heterocycles. The number of thiophene rings is 1. The maximum Gasteiger partial charge on any atom is 0.252 e. The number of sulfonamides is 1. The van der Waals surface area contributed by atoms with Crippen molar-refractivity contribution in [3.8, 4) is 6.07 Å². The zero-order valence-electron chi connectivity index (χ0n) is 19.2. The van der Waals surface area contributed by atoms with Gasteiger partial charge in [0.25, 0.3) is 10.0 Å². The van der Waals surface area contributed by atoms with Gasteiger partial charge in [-0.3, -0.25) is 9.69 Å². The number of carbonyl (C=O) groups excluding carboxylic acids is 1. The van der Waals surface area contributed by atoms with E-state index in [0.29, 0.717) is 47.8 Å². The van der Waals surface area contributed by atoms with Gasteiger partial charge in [-0.2, -0.15) is 9.57 Å². The highest BCUT2D eigenvalue weighted by atomic mass is 32.2. The van der Waals surface area contributed by atoms with E-state index in [2.05, 4.69) is 16.0 Å². The molecule has 1 N–H and O–H groups in total. The van der Waals surface area contributed by atoms with Crippen molar-refractivity contribution in [2.45, 2.75) is 56.2 Å². The Balaban J connectivity index is 1.42. The highest BCUT2D eigenvalue weighted by molar-refractivity contribution is 7.91. The summed E-state index contributed by atoms with van der Waals surface area (Å²) in [6, 6.07) is 5.95. The van der Waals surface area contributed by atoms with Gasteiger partial charge in [0.1, 0.15) is 16.1 Å². The third-order valence-corrected chi connectivity index (χ3v) is 10.1. The number of nitriles is 1. The number of hydrogen-bond donors (Lipinski definition) is 1. The molecule has 10 heteroatoms. The number of piperazine rings is 1. The monoisotopic (exact) mass is 489 g/mol. The Morgan fingerprint density at radius 3 is 2.48 bits per heavy atom. The molecule has 2 fully saturated rings. The second kappa shape index (κ2) is 9.97. The van der Waals surface area contributed by atoms with Gasteiger partial charge in [0.15, 0.2) is 0 Å². The van der Waals surface area contributed by atoms with Crippen LogP contribution in [-0.4, -0.2) is 60.8 Å². The molecule has 178 valence electrons. The minimum absolute atomic E-state index is 0.171. The predicted molar refractivity (Wildman–Crippen MR) is 129 cm³/mol. The van der Waals surface area contributed by atoms with E-state index < -0.39 is 10.0 Å². The number of amides is 1. The van der Waals surface area contributed by atoms with Gasteiger partial charge in [-0.15, -0.1) is 11.3 Å². The van der Waals surface area contributed by atoms with E-state index in [-0.39, 0.29) is 12.5 Å². The van der Waals surface area contributed by atoms with Gasteiger partial charge in [-0.25, -0.2) is 8.42 Å². The highest BCUT2D eigenvalue weighted by Gasteiger charge is 2.30. The summed E-state index contributed by atoms with van der Waals surface area (Å²) in [4.78, 5) is 14.9. The summed E-state index contributed by atoms with van der Waals surface area (Å²) >= 11 is 1.22. The average Bonchev–Trinajstić information content (AvgIpc) is 3.43. The Morgan fingerprint density at radius 1 is 1.18 bits per heavy atom. The summed E-state index contributed by atoms with van der Waals surface area (Å²) in [7, 11) is -3.46. The van der Waals surface area contributed by atoms with Crippen LogP contribution in [0.25, 0.3) is 0 Å². The largest absolute Gasteiger partial charge is 0.327 e. The molecule has 0 bridgehead atoms. The number of hydrogen-bond acceptors (Lipinski definition) is 6. The first kappa shape index (κ1) is 24.0. The second-order valence-corrected chi connectivity index (χ2v) is 12.0. The molecule has 2 aliphatic rings. The number of nitrogens with zero attached hydrogens (tertiary/aromatic N) is 4. The van der Waals surface area contributed by atoms with Crippen LogP contribution in [-0.2, 0) is 14.8 Å². The van der Waals surface area contributed by atoms with Gasteiger partial charge in [0.05, 0.1) is 12.1 Å². The predicted octanol–water partition coefficient (Wildman–Crippen LogP) is 3.49. The van der Waals surface area contributed by atoms with E-state index in [1.54, 1.807) is 17.5 Å². The number of nitrogens with one attached hydrogen (secondary N) is 1. The van der Waals surface area contributed by atoms with E-state index in [1.165, 1.54) is 22.1 Å². The van der Waals surface area contributed by atoms with Crippen LogP contribution in [0.5, 0.6) is 0 Å². The third kappa shape index (κ3) is 4.87. The second-order valence-electron chi connectivity index (χ2n) is 8.87. The van der Waals surface area contributed by atoms with Crippen molar-refractivity contribution in [2.24, 2.45) is 0 Å². The molecular weight excluding hydrogens is 458 g/mol. The van der Waals surface area contributed by atoms with Crippen molar-refractivity contribution in [1.82, 2.24) is 13.8 Å². The molecule has 2 aromatic rings. The first-order valence-corrected chi connectivity index (χ1v) is 13.8. The first-order chi connectivity index (χ1) is 15.8. The maximum atomic E-state index is 13.0. The standard InChI is InChI=1S/C23H31N5O3S2/c1-17-18(2)28(19-7-4-3-5-8-19)23(20(17)15-24)25-21(29)16-26-10-12-27(13-11-26)33(30,31)22-9-6-14-32-22/h6,9,14,19H,3-5,7-8,10-13,16H2,1-2H3,(H,25,29). The van der Waals surface area contributed by atoms with Gasteiger partial charge < -0.3 is 9.88 Å². The van der Waals surface area contributed by atoms with Crippen molar-refractivity contribution in [3.63, 3.8) is 0 Å². The van der Waals surface area contributed by atoms with Gasteiger partial charge in [-0.05, 0) is 43.7 Å². The SMILES string of the molecule is Cc1c(C#N)c(NC(=O)CN2CCN(S(=O)(=O)c3cccs3)CC2)n(C2CCCCC2)c1C. The minimum Gasteiger partial charge on any atom is -0.327 e. The minimum atomic E-state index is -3.46. The van der Waals surface area contributed by atoms with E-state index in [9.17, 15) is 18.5 Å². The number of anilines is 1. The van der Waals surface area contributed by atoms with Gasteiger partial charge >= 0.3 is 0 Å². The van der Waals surface area contributed by atoms with Gasteiger partial charge in [0, 0.05) is 37.9 Å². The van der Waals surface area contributed by atoms with E-state index in [0.717, 1.165) is 36.9 Å². The van der Waals surface area contributed by atoms with Crippen molar-refractivity contribution in [3.05, 3.63) is 34.3 Å². The lowest BCUT2D eigenvalue weighted by molar-refractivity contribution is -0.117. The molecule has 0 radical (unpaired) electrons. The van der Waals surface area contributed by atoms with Crippen LogP contribution < -0.4 is 5.32 Å². The molecule has 4 rings (SSSR count). The summed E-state index contributed by atoms with van der Waals surface area (Å²) in [5.41, 5.74) is 2.50. The normalized spacial score (nSPS) is 18.8. The van der Waals surface area contributed by atoms with Crippen molar-refractivity contribution >= 4 is 33.1 Å². The Kier molecular flexibility index (Phi) is 7.24. The summed E-state index contributed by atoms with van der Waals surface area (Å²) in [6.45, 7) is 5.83. The molecule has 3 heterocycles.